The highest BCUT2D eigenvalue weighted by Crippen LogP contribution is 2.31. The zero-order valence-corrected chi connectivity index (χ0v) is 12.4. The van der Waals surface area contributed by atoms with Crippen molar-refractivity contribution in [1.82, 2.24) is 10.2 Å². The Labute approximate surface area is 120 Å². The van der Waals surface area contributed by atoms with Gasteiger partial charge in [-0.05, 0) is 33.6 Å². The van der Waals surface area contributed by atoms with Gasteiger partial charge >= 0.3 is 0 Å². The Morgan fingerprint density at radius 3 is 2.45 bits per heavy atom. The molecule has 0 saturated carbocycles. The van der Waals surface area contributed by atoms with Crippen LogP contribution in [0.4, 0.5) is 0 Å². The molecular weight excluding hydrogens is 258 g/mol. The lowest BCUT2D eigenvalue weighted by Crippen LogP contribution is -2.50. The van der Waals surface area contributed by atoms with Crippen molar-refractivity contribution in [2.45, 2.75) is 39.7 Å². The van der Waals surface area contributed by atoms with Gasteiger partial charge in [0.1, 0.15) is 5.41 Å². The van der Waals surface area contributed by atoms with E-state index in [-0.39, 0.29) is 24.4 Å². The molecule has 0 aromatic carbocycles. The van der Waals surface area contributed by atoms with Crippen LogP contribution in [0.2, 0.25) is 0 Å². The molecule has 0 spiro atoms. The third-order valence-electron chi connectivity index (χ3n) is 3.42. The summed E-state index contributed by atoms with van der Waals surface area (Å²) in [4.78, 5) is 25.8. The van der Waals surface area contributed by atoms with Crippen LogP contribution in [0.15, 0.2) is 0 Å². The van der Waals surface area contributed by atoms with E-state index in [9.17, 15) is 14.9 Å². The van der Waals surface area contributed by atoms with Crippen LogP contribution in [-0.2, 0) is 14.3 Å². The Morgan fingerprint density at radius 2 is 2.00 bits per heavy atom. The van der Waals surface area contributed by atoms with Crippen molar-refractivity contribution in [3.63, 3.8) is 0 Å². The Hall–Kier alpha value is -1.61. The van der Waals surface area contributed by atoms with E-state index < -0.39 is 5.41 Å². The summed E-state index contributed by atoms with van der Waals surface area (Å²) >= 11 is 0. The predicted octanol–water partition coefficient (Wildman–Crippen LogP) is 0.680. The maximum absolute atomic E-state index is 12.6. The summed E-state index contributed by atoms with van der Waals surface area (Å²) < 4.78 is 5.22. The molecule has 1 fully saturated rings. The van der Waals surface area contributed by atoms with E-state index in [0.717, 1.165) is 0 Å². The second kappa shape index (κ2) is 7.25. The molecule has 0 unspecified atom stereocenters. The molecule has 6 heteroatoms. The molecule has 2 amide bonds. The number of carbonyl (C=O) groups is 2. The van der Waals surface area contributed by atoms with Crippen molar-refractivity contribution >= 4 is 11.8 Å². The quantitative estimate of drug-likeness (QED) is 0.803. The number of hydrogen-bond donors (Lipinski definition) is 1. The predicted molar refractivity (Wildman–Crippen MR) is 73.6 cm³/mol. The van der Waals surface area contributed by atoms with Gasteiger partial charge in [0.15, 0.2) is 0 Å². The fourth-order valence-corrected chi connectivity index (χ4v) is 2.26. The topological polar surface area (TPSA) is 82.4 Å². The van der Waals surface area contributed by atoms with Gasteiger partial charge in [-0.3, -0.25) is 9.59 Å². The zero-order valence-electron chi connectivity index (χ0n) is 12.4. The number of likely N-dealkylation sites (N-methyl/N-ethyl adjacent to an activating group) is 1. The van der Waals surface area contributed by atoms with E-state index in [0.29, 0.717) is 32.6 Å². The van der Waals surface area contributed by atoms with Crippen LogP contribution in [0.25, 0.3) is 0 Å². The average Bonchev–Trinajstić information content (AvgIpc) is 2.44. The van der Waals surface area contributed by atoms with Crippen LogP contribution in [0.1, 0.15) is 33.6 Å². The van der Waals surface area contributed by atoms with Crippen molar-refractivity contribution in [2.75, 3.05) is 26.3 Å². The lowest BCUT2D eigenvalue weighted by atomic mass is 9.80. The monoisotopic (exact) mass is 281 g/mol. The lowest BCUT2D eigenvalue weighted by molar-refractivity contribution is -0.146. The van der Waals surface area contributed by atoms with Crippen molar-refractivity contribution in [1.29, 1.82) is 5.26 Å². The van der Waals surface area contributed by atoms with Gasteiger partial charge in [0, 0.05) is 25.8 Å². The first-order valence-corrected chi connectivity index (χ1v) is 7.03. The molecule has 0 atom stereocenters. The molecule has 0 bridgehead atoms. The molecule has 1 aliphatic heterocycles. The number of nitrogens with zero attached hydrogens (tertiary/aromatic N) is 2. The molecule has 0 aliphatic carbocycles. The van der Waals surface area contributed by atoms with Gasteiger partial charge in [0.05, 0.1) is 12.6 Å². The fraction of sp³-hybridized carbons (Fsp3) is 0.786. The summed E-state index contributed by atoms with van der Waals surface area (Å²) in [5.41, 5.74) is -1.04. The summed E-state index contributed by atoms with van der Waals surface area (Å²) in [5.74, 6) is -0.458. The van der Waals surface area contributed by atoms with Crippen LogP contribution < -0.4 is 5.32 Å². The summed E-state index contributed by atoms with van der Waals surface area (Å²) in [7, 11) is 0. The first-order valence-electron chi connectivity index (χ1n) is 7.03. The minimum atomic E-state index is -1.04. The van der Waals surface area contributed by atoms with Gasteiger partial charge in [0.2, 0.25) is 11.8 Å². The summed E-state index contributed by atoms with van der Waals surface area (Å²) in [5, 5.41) is 12.1. The normalized spacial score (nSPS) is 17.4. The number of ether oxygens (including phenoxy) is 1. The smallest absolute Gasteiger partial charge is 0.243 e. The molecule has 1 N–H and O–H groups in total. The number of hydrogen-bond acceptors (Lipinski definition) is 4. The highest BCUT2D eigenvalue weighted by atomic mass is 16.5. The highest BCUT2D eigenvalue weighted by Gasteiger charge is 2.43. The van der Waals surface area contributed by atoms with E-state index in [1.807, 2.05) is 20.8 Å². The van der Waals surface area contributed by atoms with Crippen molar-refractivity contribution in [3.05, 3.63) is 0 Å². The second-order valence-electron chi connectivity index (χ2n) is 5.35. The number of carbonyl (C=O) groups excluding carboxylic acids is 2. The summed E-state index contributed by atoms with van der Waals surface area (Å²) in [6.07, 6.45) is 0.787. The van der Waals surface area contributed by atoms with Gasteiger partial charge < -0.3 is 15.0 Å². The molecule has 1 saturated heterocycles. The third kappa shape index (κ3) is 3.94. The van der Waals surface area contributed by atoms with Crippen molar-refractivity contribution in [2.24, 2.45) is 5.41 Å². The number of nitrogens with one attached hydrogen (secondary N) is 1. The Balaban J connectivity index is 2.75. The largest absolute Gasteiger partial charge is 0.381 e. The first-order chi connectivity index (χ1) is 9.45. The number of nitriles is 1. The van der Waals surface area contributed by atoms with Crippen LogP contribution >= 0.6 is 0 Å². The van der Waals surface area contributed by atoms with Gasteiger partial charge in [-0.1, -0.05) is 0 Å². The van der Waals surface area contributed by atoms with Crippen molar-refractivity contribution < 1.29 is 14.3 Å². The van der Waals surface area contributed by atoms with Crippen LogP contribution in [0, 0.1) is 16.7 Å². The Morgan fingerprint density at radius 1 is 1.40 bits per heavy atom. The molecule has 6 nitrogen and oxygen atoms in total. The van der Waals surface area contributed by atoms with Crippen LogP contribution in [0.5, 0.6) is 0 Å². The highest BCUT2D eigenvalue weighted by molar-refractivity contribution is 5.89. The van der Waals surface area contributed by atoms with E-state index in [1.165, 1.54) is 4.90 Å². The fourth-order valence-electron chi connectivity index (χ4n) is 2.26. The van der Waals surface area contributed by atoms with Gasteiger partial charge in [-0.25, -0.2) is 0 Å². The Bertz CT molecular complexity index is 395. The van der Waals surface area contributed by atoms with E-state index in [1.54, 1.807) is 0 Å². The summed E-state index contributed by atoms with van der Waals surface area (Å²) in [6.45, 7) is 6.78. The second-order valence-corrected chi connectivity index (χ2v) is 5.35. The van der Waals surface area contributed by atoms with Crippen molar-refractivity contribution in [3.8, 4) is 6.07 Å². The minimum Gasteiger partial charge on any atom is -0.381 e. The average molecular weight is 281 g/mol. The molecule has 112 valence electrons. The van der Waals surface area contributed by atoms with E-state index >= 15 is 0 Å². The van der Waals surface area contributed by atoms with E-state index in [2.05, 4.69) is 11.4 Å². The minimum absolute atomic E-state index is 0.00218. The molecule has 1 rings (SSSR count). The molecule has 1 heterocycles. The Kier molecular flexibility index (Phi) is 5.96. The molecule has 0 radical (unpaired) electrons. The zero-order chi connectivity index (χ0) is 15.2. The SMILES string of the molecule is CCN(CC(=O)NC(C)C)C(=O)C1(C#N)CCOCC1. The molecule has 0 aromatic heterocycles. The first kappa shape index (κ1) is 16.4. The lowest BCUT2D eigenvalue weighted by Gasteiger charge is -2.34. The molecule has 20 heavy (non-hydrogen) atoms. The van der Waals surface area contributed by atoms with Crippen LogP contribution in [0.3, 0.4) is 0 Å². The maximum Gasteiger partial charge on any atom is 0.243 e. The van der Waals surface area contributed by atoms with Gasteiger partial charge in [0.25, 0.3) is 0 Å². The number of amides is 2. The maximum atomic E-state index is 12.6. The third-order valence-corrected chi connectivity index (χ3v) is 3.42. The molecule has 0 aromatic rings. The standard InChI is InChI=1S/C14H23N3O3/c1-4-17(9-12(18)16-11(2)3)13(19)14(10-15)5-7-20-8-6-14/h11H,4-9H2,1-3H3,(H,16,18). The van der Waals surface area contributed by atoms with Crippen LogP contribution in [-0.4, -0.2) is 49.1 Å². The van der Waals surface area contributed by atoms with Gasteiger partial charge in [-0.2, -0.15) is 5.26 Å². The van der Waals surface area contributed by atoms with E-state index in [4.69, 9.17) is 4.74 Å². The number of rotatable bonds is 5. The molecule has 1 aliphatic rings. The summed E-state index contributed by atoms with van der Waals surface area (Å²) in [6, 6.07) is 2.17. The van der Waals surface area contributed by atoms with Gasteiger partial charge in [-0.15, -0.1) is 0 Å². The molecular formula is C14H23N3O3.